The van der Waals surface area contributed by atoms with E-state index in [1.807, 2.05) is 0 Å². The predicted octanol–water partition coefficient (Wildman–Crippen LogP) is 3.34. The molecular formula is C15H10N3O4+. The number of hydrogen-bond donors (Lipinski definition) is 0. The number of hydrogen-bond acceptors (Lipinski definition) is 4. The van der Waals surface area contributed by atoms with Gasteiger partial charge in [0.2, 0.25) is 5.69 Å². The Balaban J connectivity index is 1.94. The van der Waals surface area contributed by atoms with Gasteiger partial charge in [-0.1, -0.05) is 12.1 Å². The zero-order chi connectivity index (χ0) is 15.5. The van der Waals surface area contributed by atoms with Gasteiger partial charge in [-0.3, -0.25) is 10.1 Å². The van der Waals surface area contributed by atoms with E-state index in [2.05, 4.69) is 0 Å². The molecule has 2 heterocycles. The Labute approximate surface area is 124 Å². The van der Waals surface area contributed by atoms with Crippen molar-refractivity contribution >= 4 is 23.1 Å². The number of hydroxylamine groups is 2. The summed E-state index contributed by atoms with van der Waals surface area (Å²) in [5.41, 5.74) is 1.86. The molecule has 1 atom stereocenters. The van der Waals surface area contributed by atoms with Gasteiger partial charge in [0.25, 0.3) is 5.69 Å². The lowest BCUT2D eigenvalue weighted by atomic mass is 10.0. The van der Waals surface area contributed by atoms with Crippen LogP contribution in [0.3, 0.4) is 0 Å². The second-order valence-corrected chi connectivity index (χ2v) is 5.32. The van der Waals surface area contributed by atoms with E-state index < -0.39 is 9.57 Å². The number of nitrogens with zero attached hydrogens (tertiary/aromatic N) is 3. The molecule has 0 bridgehead atoms. The third-order valence-electron chi connectivity index (χ3n) is 4.08. The first-order chi connectivity index (χ1) is 10.5. The molecule has 0 spiro atoms. The highest BCUT2D eigenvalue weighted by molar-refractivity contribution is 5.74. The van der Waals surface area contributed by atoms with Gasteiger partial charge in [-0.15, -0.1) is 0 Å². The molecule has 2 aliphatic heterocycles. The zero-order valence-corrected chi connectivity index (χ0v) is 11.3. The van der Waals surface area contributed by atoms with Crippen LogP contribution in [-0.2, 0) is 6.54 Å². The molecule has 22 heavy (non-hydrogen) atoms. The van der Waals surface area contributed by atoms with Crippen molar-refractivity contribution in [1.29, 1.82) is 0 Å². The van der Waals surface area contributed by atoms with Crippen LogP contribution in [0.15, 0.2) is 48.3 Å². The van der Waals surface area contributed by atoms with E-state index in [1.165, 1.54) is 18.2 Å². The fourth-order valence-electron chi connectivity index (χ4n) is 3.03. The topological polar surface area (TPSA) is 86.3 Å². The summed E-state index contributed by atoms with van der Waals surface area (Å²) in [7, 11) is 0. The van der Waals surface area contributed by atoms with E-state index in [0.29, 0.717) is 27.3 Å². The fraction of sp³-hybridized carbons (Fsp3) is 0.0667. The van der Waals surface area contributed by atoms with Crippen molar-refractivity contribution in [3.63, 3.8) is 0 Å². The van der Waals surface area contributed by atoms with E-state index in [1.54, 1.807) is 30.3 Å². The maximum absolute atomic E-state index is 13.2. The minimum Gasteiger partial charge on any atom is -0.617 e. The van der Waals surface area contributed by atoms with Crippen LogP contribution in [0.4, 0.5) is 17.1 Å². The highest BCUT2D eigenvalue weighted by Gasteiger charge is 2.54. The molecule has 0 amide bonds. The maximum Gasteiger partial charge on any atom is 0.429 e. The molecule has 4 rings (SSSR count). The van der Waals surface area contributed by atoms with Crippen molar-refractivity contribution in [2.24, 2.45) is 0 Å². The molecule has 0 aromatic heterocycles. The van der Waals surface area contributed by atoms with Crippen molar-refractivity contribution in [1.82, 2.24) is 4.65 Å². The quantitative estimate of drug-likeness (QED) is 0.265. The van der Waals surface area contributed by atoms with Gasteiger partial charge in [-0.25, -0.2) is 4.65 Å². The van der Waals surface area contributed by atoms with Crippen LogP contribution in [0.1, 0.15) is 11.1 Å². The Hall–Kier alpha value is -2.90. The minimum absolute atomic E-state index is 0.0292. The smallest absolute Gasteiger partial charge is 0.429 e. The summed E-state index contributed by atoms with van der Waals surface area (Å²) in [6, 6.07) is 11.0. The molecule has 0 N–H and O–H groups in total. The van der Waals surface area contributed by atoms with Crippen LogP contribution in [-0.4, -0.2) is 9.68 Å². The van der Waals surface area contributed by atoms with Gasteiger partial charge in [0.05, 0.1) is 11.0 Å². The highest BCUT2D eigenvalue weighted by atomic mass is 16.6. The van der Waals surface area contributed by atoms with Gasteiger partial charge in [0.15, 0.2) is 0 Å². The SMILES string of the molecule is O=[N+]([O-])c1ccc2c(c1)C[N+]1([O-])C(=C2)[N+](=O)c2ccccc21. The molecule has 108 valence electrons. The fourth-order valence-corrected chi connectivity index (χ4v) is 3.03. The Kier molecular flexibility index (Phi) is 2.37. The number of nitro benzene ring substituents is 1. The number of para-hydroxylation sites is 2. The summed E-state index contributed by atoms with van der Waals surface area (Å²) in [5, 5.41) is 24.1. The van der Waals surface area contributed by atoms with Crippen LogP contribution in [0, 0.1) is 20.2 Å². The van der Waals surface area contributed by atoms with Crippen molar-refractivity contribution in [3.8, 4) is 0 Å². The minimum atomic E-state index is -0.909. The molecule has 0 fully saturated rings. The summed E-state index contributed by atoms with van der Waals surface area (Å²) in [6.45, 7) is -0.0292. The lowest BCUT2D eigenvalue weighted by molar-refractivity contribution is -0.410. The molecule has 2 aliphatic rings. The standard InChI is InChI=1S/C15H10N3O4/c19-16-13-3-1-2-4-14(13)18(22)9-11-7-12(17(20)21)6-5-10(11)8-15(16)18/h1-8H,9H2/q+1. The van der Waals surface area contributed by atoms with Crippen molar-refractivity contribution in [2.45, 2.75) is 6.54 Å². The monoisotopic (exact) mass is 296 g/mol. The Morgan fingerprint density at radius 1 is 1.18 bits per heavy atom. The van der Waals surface area contributed by atoms with E-state index in [0.717, 1.165) is 0 Å². The normalized spacial score (nSPS) is 21.7. The summed E-state index contributed by atoms with van der Waals surface area (Å²) >= 11 is 0. The summed E-state index contributed by atoms with van der Waals surface area (Å²) in [5.74, 6) is 0.0857. The predicted molar refractivity (Wildman–Crippen MR) is 79.7 cm³/mol. The number of fused-ring (bicyclic) bond motifs is 4. The van der Waals surface area contributed by atoms with Crippen molar-refractivity contribution in [3.05, 3.63) is 79.6 Å². The first kappa shape index (κ1) is 12.8. The summed E-state index contributed by atoms with van der Waals surface area (Å²) in [6.07, 6.45) is 1.52. The van der Waals surface area contributed by atoms with Gasteiger partial charge < -0.3 is 5.21 Å². The van der Waals surface area contributed by atoms with E-state index >= 15 is 0 Å². The number of non-ortho nitro benzene ring substituents is 1. The van der Waals surface area contributed by atoms with Crippen LogP contribution < -0.4 is 4.65 Å². The first-order valence-electron chi connectivity index (χ1n) is 6.66. The van der Waals surface area contributed by atoms with Gasteiger partial charge in [-0.2, -0.15) is 0 Å². The average Bonchev–Trinajstić information content (AvgIpc) is 2.73. The van der Waals surface area contributed by atoms with E-state index in [4.69, 9.17) is 0 Å². The first-order valence-corrected chi connectivity index (χ1v) is 6.66. The Morgan fingerprint density at radius 3 is 2.73 bits per heavy atom. The molecule has 0 saturated heterocycles. The largest absolute Gasteiger partial charge is 0.617 e. The van der Waals surface area contributed by atoms with Gasteiger partial charge in [0, 0.05) is 34.7 Å². The Morgan fingerprint density at radius 2 is 1.95 bits per heavy atom. The molecule has 0 aliphatic carbocycles. The van der Waals surface area contributed by atoms with E-state index in [-0.39, 0.29) is 18.1 Å². The van der Waals surface area contributed by atoms with Crippen LogP contribution in [0.25, 0.3) is 6.08 Å². The van der Waals surface area contributed by atoms with Crippen LogP contribution in [0.2, 0.25) is 0 Å². The average molecular weight is 296 g/mol. The third kappa shape index (κ3) is 1.51. The lowest BCUT2D eigenvalue weighted by Gasteiger charge is -2.35. The molecule has 0 saturated carbocycles. The molecule has 7 nitrogen and oxygen atoms in total. The van der Waals surface area contributed by atoms with Crippen molar-refractivity contribution in [2.75, 3.05) is 0 Å². The number of quaternary nitrogens is 1. The van der Waals surface area contributed by atoms with Gasteiger partial charge in [-0.05, 0) is 11.6 Å². The molecule has 0 radical (unpaired) electrons. The molecule has 7 heteroatoms. The molecular weight excluding hydrogens is 286 g/mol. The Bertz CT molecular complexity index is 890. The molecule has 1 unspecified atom stereocenters. The van der Waals surface area contributed by atoms with E-state index in [9.17, 15) is 20.2 Å². The van der Waals surface area contributed by atoms with Gasteiger partial charge >= 0.3 is 11.5 Å². The number of nitro groups is 1. The van der Waals surface area contributed by atoms with Gasteiger partial charge in [0.1, 0.15) is 11.3 Å². The zero-order valence-electron chi connectivity index (χ0n) is 11.3. The molecule has 2 aromatic carbocycles. The second-order valence-electron chi connectivity index (χ2n) is 5.32. The second kappa shape index (κ2) is 4.06. The summed E-state index contributed by atoms with van der Waals surface area (Å²) in [4.78, 5) is 22.7. The van der Waals surface area contributed by atoms with Crippen LogP contribution in [0.5, 0.6) is 0 Å². The summed E-state index contributed by atoms with van der Waals surface area (Å²) < 4.78 is -0.263. The number of rotatable bonds is 1. The molecule has 2 aromatic rings. The van der Waals surface area contributed by atoms with Crippen molar-refractivity contribution < 1.29 is 9.68 Å². The van der Waals surface area contributed by atoms with Crippen LogP contribution >= 0.6 is 0 Å². The number of benzene rings is 2. The maximum atomic E-state index is 13.2. The lowest BCUT2D eigenvalue weighted by Crippen LogP contribution is -2.41. The number of nitroso groups, excluding NO2 is 1. The highest BCUT2D eigenvalue weighted by Crippen LogP contribution is 2.49. The third-order valence-corrected chi connectivity index (χ3v) is 4.08.